The lowest BCUT2D eigenvalue weighted by Gasteiger charge is -2.22. The third kappa shape index (κ3) is 6.69. The number of halogens is 1. The van der Waals surface area contributed by atoms with E-state index in [4.69, 9.17) is 0 Å². The van der Waals surface area contributed by atoms with Gasteiger partial charge in [-0.1, -0.05) is 29.8 Å². The Morgan fingerprint density at radius 1 is 1.20 bits per heavy atom. The minimum absolute atomic E-state index is 0.0554. The molecule has 0 fully saturated rings. The average Bonchev–Trinajstić information content (AvgIpc) is 2.61. The molecule has 2 amide bonds. The van der Waals surface area contributed by atoms with E-state index in [0.29, 0.717) is 25.1 Å². The lowest BCUT2D eigenvalue weighted by atomic mass is 9.97. The maximum atomic E-state index is 13.5. The highest BCUT2D eigenvalue weighted by molar-refractivity contribution is 5.83. The molecule has 0 aromatic heterocycles. The highest BCUT2D eigenvalue weighted by Crippen LogP contribution is 2.20. The number of rotatable bonds is 8. The van der Waals surface area contributed by atoms with Crippen LogP contribution in [0.4, 0.5) is 4.39 Å². The van der Waals surface area contributed by atoms with Gasteiger partial charge in [0.05, 0.1) is 6.54 Å². The molecule has 1 aromatic rings. The number of nitrogens with zero attached hydrogens (tertiary/aromatic N) is 1. The zero-order chi connectivity index (χ0) is 18.1. The van der Waals surface area contributed by atoms with Gasteiger partial charge in [0, 0.05) is 20.0 Å². The lowest BCUT2D eigenvalue weighted by Crippen LogP contribution is -2.40. The fraction of sp³-hybridized carbons (Fsp3) is 0.500. The van der Waals surface area contributed by atoms with Gasteiger partial charge in [-0.2, -0.15) is 0 Å². The van der Waals surface area contributed by atoms with E-state index >= 15 is 0 Å². The van der Waals surface area contributed by atoms with Crippen LogP contribution >= 0.6 is 0 Å². The summed E-state index contributed by atoms with van der Waals surface area (Å²) in [6.45, 7) is 2.47. The molecule has 0 heterocycles. The summed E-state index contributed by atoms with van der Waals surface area (Å²) in [5, 5.41) is 2.77. The molecule has 0 radical (unpaired) electrons. The van der Waals surface area contributed by atoms with Crippen LogP contribution in [0.25, 0.3) is 0 Å². The maximum Gasteiger partial charge on any atom is 0.239 e. The Morgan fingerprint density at radius 2 is 2.00 bits per heavy atom. The van der Waals surface area contributed by atoms with Crippen LogP contribution in [0.15, 0.2) is 35.9 Å². The van der Waals surface area contributed by atoms with E-state index < -0.39 is 0 Å². The van der Waals surface area contributed by atoms with Gasteiger partial charge in [0.15, 0.2) is 0 Å². The number of carbonyl (C=O) groups excluding carboxylic acids is 2. The first-order valence-corrected chi connectivity index (χ1v) is 9.00. The van der Waals surface area contributed by atoms with E-state index in [1.165, 1.54) is 31.4 Å². The molecule has 25 heavy (non-hydrogen) atoms. The predicted octanol–water partition coefficient (Wildman–Crippen LogP) is 3.22. The Balaban J connectivity index is 1.74. The predicted molar refractivity (Wildman–Crippen MR) is 96.5 cm³/mol. The topological polar surface area (TPSA) is 49.4 Å². The van der Waals surface area contributed by atoms with Gasteiger partial charge in [0.2, 0.25) is 11.8 Å². The summed E-state index contributed by atoms with van der Waals surface area (Å²) in [6, 6.07) is 6.54. The Hall–Kier alpha value is -2.17. The van der Waals surface area contributed by atoms with Crippen molar-refractivity contribution in [3.8, 4) is 0 Å². The largest absolute Gasteiger partial charge is 0.354 e. The van der Waals surface area contributed by atoms with Gasteiger partial charge >= 0.3 is 0 Å². The van der Waals surface area contributed by atoms with Crippen molar-refractivity contribution in [2.45, 2.75) is 45.4 Å². The fourth-order valence-corrected chi connectivity index (χ4v) is 3.03. The van der Waals surface area contributed by atoms with Gasteiger partial charge in [-0.25, -0.2) is 4.39 Å². The molecule has 1 aliphatic rings. The van der Waals surface area contributed by atoms with Crippen molar-refractivity contribution < 1.29 is 14.0 Å². The van der Waals surface area contributed by atoms with Crippen molar-refractivity contribution in [3.05, 3.63) is 47.3 Å². The smallest absolute Gasteiger partial charge is 0.239 e. The number of amides is 2. The molecule has 1 aromatic carbocycles. The standard InChI is InChI=1S/C20H27FN2O2/c1-16(24)23(14-12-17-7-3-2-4-8-17)15-20(25)22-13-11-18-9-5-6-10-19(18)21/h5-7,9-10H,2-4,8,11-15H2,1H3,(H,22,25). The van der Waals surface area contributed by atoms with E-state index in [0.717, 1.165) is 19.3 Å². The van der Waals surface area contributed by atoms with Crippen LogP contribution in [0.5, 0.6) is 0 Å². The summed E-state index contributed by atoms with van der Waals surface area (Å²) in [5.74, 6) is -0.562. The van der Waals surface area contributed by atoms with Crippen LogP contribution in [0, 0.1) is 5.82 Å². The van der Waals surface area contributed by atoms with E-state index in [1.807, 2.05) is 0 Å². The molecule has 1 N–H and O–H groups in total. The highest BCUT2D eigenvalue weighted by Gasteiger charge is 2.14. The number of carbonyl (C=O) groups is 2. The summed E-state index contributed by atoms with van der Waals surface area (Å²) in [6.07, 6.45) is 8.20. The summed E-state index contributed by atoms with van der Waals surface area (Å²) < 4.78 is 13.5. The van der Waals surface area contributed by atoms with Gasteiger partial charge in [-0.05, 0) is 50.2 Å². The van der Waals surface area contributed by atoms with Crippen LogP contribution < -0.4 is 5.32 Å². The third-order valence-electron chi connectivity index (χ3n) is 4.54. The first kappa shape index (κ1) is 19.2. The van der Waals surface area contributed by atoms with E-state index in [2.05, 4.69) is 11.4 Å². The van der Waals surface area contributed by atoms with Gasteiger partial charge in [-0.15, -0.1) is 0 Å². The second kappa shape index (κ2) is 9.97. The van der Waals surface area contributed by atoms with Crippen molar-refractivity contribution in [3.63, 3.8) is 0 Å². The van der Waals surface area contributed by atoms with Crippen LogP contribution in [0.1, 0.15) is 44.6 Å². The molecule has 0 spiro atoms. The Kier molecular flexibility index (Phi) is 7.64. The SMILES string of the molecule is CC(=O)N(CCC1=CCCCC1)CC(=O)NCCc1ccccc1F. The Morgan fingerprint density at radius 3 is 2.68 bits per heavy atom. The van der Waals surface area contributed by atoms with Crippen LogP contribution in [0.2, 0.25) is 0 Å². The van der Waals surface area contributed by atoms with Gasteiger partial charge in [-0.3, -0.25) is 9.59 Å². The number of benzene rings is 1. The zero-order valence-electron chi connectivity index (χ0n) is 14.9. The minimum Gasteiger partial charge on any atom is -0.354 e. The number of hydrogen-bond donors (Lipinski definition) is 1. The van der Waals surface area contributed by atoms with Crippen molar-refractivity contribution in [1.82, 2.24) is 10.2 Å². The molecular weight excluding hydrogens is 319 g/mol. The molecule has 4 nitrogen and oxygen atoms in total. The monoisotopic (exact) mass is 346 g/mol. The van der Waals surface area contributed by atoms with Gasteiger partial charge < -0.3 is 10.2 Å². The molecule has 1 aliphatic carbocycles. The molecule has 0 saturated carbocycles. The van der Waals surface area contributed by atoms with Gasteiger partial charge in [0.25, 0.3) is 0 Å². The maximum absolute atomic E-state index is 13.5. The summed E-state index contributed by atoms with van der Waals surface area (Å²) in [4.78, 5) is 25.4. The Labute approximate surface area is 149 Å². The number of hydrogen-bond acceptors (Lipinski definition) is 2. The van der Waals surface area contributed by atoms with Crippen molar-refractivity contribution in [2.24, 2.45) is 0 Å². The quantitative estimate of drug-likeness (QED) is 0.735. The van der Waals surface area contributed by atoms with Crippen LogP contribution in [0.3, 0.4) is 0 Å². The third-order valence-corrected chi connectivity index (χ3v) is 4.54. The fourth-order valence-electron chi connectivity index (χ4n) is 3.03. The average molecular weight is 346 g/mol. The molecule has 5 heteroatoms. The Bertz CT molecular complexity index is 628. The first-order valence-electron chi connectivity index (χ1n) is 9.00. The molecule has 0 atom stereocenters. The van der Waals surface area contributed by atoms with Crippen LogP contribution in [-0.2, 0) is 16.0 Å². The molecule has 0 aliphatic heterocycles. The number of nitrogens with one attached hydrogen (secondary N) is 1. The molecule has 0 unspecified atom stereocenters. The second-order valence-electron chi connectivity index (χ2n) is 6.49. The van der Waals surface area contributed by atoms with E-state index in [1.54, 1.807) is 23.1 Å². The highest BCUT2D eigenvalue weighted by atomic mass is 19.1. The zero-order valence-corrected chi connectivity index (χ0v) is 14.9. The molecule has 0 bridgehead atoms. The molecule has 2 rings (SSSR count). The van der Waals surface area contributed by atoms with E-state index in [-0.39, 0.29) is 24.2 Å². The molecule has 0 saturated heterocycles. The minimum atomic E-state index is -0.261. The first-order chi connectivity index (χ1) is 12.1. The summed E-state index contributed by atoms with van der Waals surface area (Å²) in [5.41, 5.74) is 1.97. The molecular formula is C20H27FN2O2. The van der Waals surface area contributed by atoms with E-state index in [9.17, 15) is 14.0 Å². The van der Waals surface area contributed by atoms with Crippen molar-refractivity contribution in [1.29, 1.82) is 0 Å². The number of allylic oxidation sites excluding steroid dienone is 1. The van der Waals surface area contributed by atoms with Gasteiger partial charge in [0.1, 0.15) is 5.82 Å². The lowest BCUT2D eigenvalue weighted by molar-refractivity contribution is -0.134. The summed E-state index contributed by atoms with van der Waals surface area (Å²) in [7, 11) is 0. The summed E-state index contributed by atoms with van der Waals surface area (Å²) >= 11 is 0. The second-order valence-corrected chi connectivity index (χ2v) is 6.49. The molecule has 136 valence electrons. The van der Waals surface area contributed by atoms with Crippen LogP contribution in [-0.4, -0.2) is 36.3 Å². The van der Waals surface area contributed by atoms with Crippen molar-refractivity contribution >= 4 is 11.8 Å². The van der Waals surface area contributed by atoms with Crippen molar-refractivity contribution in [2.75, 3.05) is 19.6 Å². The normalized spacial score (nSPS) is 13.9.